The zero-order valence-electron chi connectivity index (χ0n) is 13.5. The van der Waals surface area contributed by atoms with Crippen LogP contribution in [0, 0.1) is 0 Å². The van der Waals surface area contributed by atoms with Gasteiger partial charge in [0.1, 0.15) is 5.82 Å². The van der Waals surface area contributed by atoms with Crippen molar-refractivity contribution in [1.29, 1.82) is 0 Å². The molecule has 0 saturated heterocycles. The lowest BCUT2D eigenvalue weighted by Crippen LogP contribution is -1.97. The second-order valence-corrected chi connectivity index (χ2v) is 6.00. The molecule has 5 rings (SSSR count). The number of fused-ring (bicyclic) bond motifs is 2. The van der Waals surface area contributed by atoms with Crippen LogP contribution in [-0.4, -0.2) is 14.5 Å². The molecule has 0 bridgehead atoms. The van der Waals surface area contributed by atoms with Gasteiger partial charge in [0.25, 0.3) is 0 Å². The van der Waals surface area contributed by atoms with Crippen LogP contribution in [-0.2, 0) is 0 Å². The van der Waals surface area contributed by atoms with Gasteiger partial charge in [-0.15, -0.1) is 0 Å². The van der Waals surface area contributed by atoms with E-state index in [0.29, 0.717) is 0 Å². The molecule has 0 radical (unpaired) electrons. The van der Waals surface area contributed by atoms with Crippen LogP contribution >= 0.6 is 0 Å². The lowest BCUT2D eigenvalue weighted by molar-refractivity contribution is 1.10. The van der Waals surface area contributed by atoms with Crippen LogP contribution in [0.5, 0.6) is 0 Å². The molecular formula is C22H15N3. The fraction of sp³-hybridized carbons (Fsp3) is 0. The Bertz CT molecular complexity index is 1180. The van der Waals surface area contributed by atoms with Gasteiger partial charge in [0.2, 0.25) is 0 Å². The van der Waals surface area contributed by atoms with Gasteiger partial charge in [0.15, 0.2) is 5.65 Å². The van der Waals surface area contributed by atoms with E-state index in [9.17, 15) is 0 Å². The van der Waals surface area contributed by atoms with Crippen molar-refractivity contribution in [1.82, 2.24) is 14.5 Å². The molecule has 2 heterocycles. The summed E-state index contributed by atoms with van der Waals surface area (Å²) in [7, 11) is 0. The van der Waals surface area contributed by atoms with Crippen molar-refractivity contribution in [3.05, 3.63) is 91.0 Å². The predicted octanol–water partition coefficient (Wildman–Crippen LogP) is 5.24. The summed E-state index contributed by atoms with van der Waals surface area (Å²) >= 11 is 0. The van der Waals surface area contributed by atoms with Crippen LogP contribution in [0.25, 0.3) is 39.1 Å². The highest BCUT2D eigenvalue weighted by Crippen LogP contribution is 2.29. The third kappa shape index (κ3) is 2.29. The zero-order chi connectivity index (χ0) is 16.6. The predicted molar refractivity (Wildman–Crippen MR) is 102 cm³/mol. The minimum Gasteiger partial charge on any atom is -0.291 e. The zero-order valence-corrected chi connectivity index (χ0v) is 13.5. The number of nitrogens with zero attached hydrogens (tertiary/aromatic N) is 3. The smallest absolute Gasteiger partial charge is 0.179 e. The first-order valence-electron chi connectivity index (χ1n) is 8.29. The standard InChI is InChI=1S/C22H15N3/c1-3-9-16(10-4-1)22-24-21-20(25(22)18-12-5-2-6-13-18)15-17-11-7-8-14-19(17)23-21/h1-15H. The molecule has 0 fully saturated rings. The molecule has 0 amide bonds. The summed E-state index contributed by atoms with van der Waals surface area (Å²) in [4.78, 5) is 9.64. The van der Waals surface area contributed by atoms with Crippen molar-refractivity contribution < 1.29 is 0 Å². The SMILES string of the molecule is c1ccc(-c2nc3nc4ccccc4cc3n2-c2ccccc2)cc1. The molecule has 0 aliphatic heterocycles. The van der Waals surface area contributed by atoms with Crippen molar-refractivity contribution in [3.8, 4) is 17.1 Å². The fourth-order valence-corrected chi connectivity index (χ4v) is 3.23. The van der Waals surface area contributed by atoms with E-state index in [1.54, 1.807) is 0 Å². The number of aromatic nitrogens is 3. The van der Waals surface area contributed by atoms with Crippen molar-refractivity contribution in [2.45, 2.75) is 0 Å². The minimum absolute atomic E-state index is 0.765. The number of rotatable bonds is 2. The maximum absolute atomic E-state index is 4.86. The Hall–Kier alpha value is -3.46. The molecule has 0 saturated carbocycles. The Balaban J connectivity index is 1.90. The third-order valence-corrected chi connectivity index (χ3v) is 4.40. The van der Waals surface area contributed by atoms with Crippen molar-refractivity contribution in [2.75, 3.05) is 0 Å². The van der Waals surface area contributed by atoms with Gasteiger partial charge >= 0.3 is 0 Å². The van der Waals surface area contributed by atoms with E-state index in [2.05, 4.69) is 41.0 Å². The Morgan fingerprint density at radius 3 is 2.12 bits per heavy atom. The summed E-state index contributed by atoms with van der Waals surface area (Å²) in [6.07, 6.45) is 0. The Morgan fingerprint density at radius 1 is 0.640 bits per heavy atom. The highest BCUT2D eigenvalue weighted by molar-refractivity contribution is 5.92. The number of hydrogen-bond donors (Lipinski definition) is 0. The number of benzene rings is 3. The normalized spacial score (nSPS) is 11.2. The molecule has 0 atom stereocenters. The van der Waals surface area contributed by atoms with Crippen LogP contribution in [0.15, 0.2) is 91.0 Å². The van der Waals surface area contributed by atoms with Gasteiger partial charge in [-0.25, -0.2) is 9.97 Å². The largest absolute Gasteiger partial charge is 0.291 e. The summed E-state index contributed by atoms with van der Waals surface area (Å²) in [6.45, 7) is 0. The van der Waals surface area contributed by atoms with E-state index < -0.39 is 0 Å². The van der Waals surface area contributed by atoms with E-state index in [0.717, 1.165) is 39.1 Å². The quantitative estimate of drug-likeness (QED) is 0.445. The molecule has 0 aliphatic rings. The molecule has 25 heavy (non-hydrogen) atoms. The molecule has 118 valence electrons. The lowest BCUT2D eigenvalue weighted by atomic mass is 10.2. The van der Waals surface area contributed by atoms with Crippen LogP contribution in [0.3, 0.4) is 0 Å². The monoisotopic (exact) mass is 321 g/mol. The van der Waals surface area contributed by atoms with Crippen LogP contribution < -0.4 is 0 Å². The van der Waals surface area contributed by atoms with Gasteiger partial charge in [0, 0.05) is 16.6 Å². The molecule has 0 spiro atoms. The van der Waals surface area contributed by atoms with Crippen molar-refractivity contribution in [3.63, 3.8) is 0 Å². The van der Waals surface area contributed by atoms with Gasteiger partial charge in [-0.05, 0) is 24.3 Å². The summed E-state index contributed by atoms with van der Waals surface area (Å²) in [5, 5.41) is 1.12. The number of imidazole rings is 1. The average Bonchev–Trinajstić information content (AvgIpc) is 3.06. The first-order chi connectivity index (χ1) is 12.4. The minimum atomic E-state index is 0.765. The first-order valence-corrected chi connectivity index (χ1v) is 8.29. The van der Waals surface area contributed by atoms with Crippen LogP contribution in [0.1, 0.15) is 0 Å². The molecule has 3 nitrogen and oxygen atoms in total. The number of para-hydroxylation sites is 2. The molecule has 0 N–H and O–H groups in total. The molecular weight excluding hydrogens is 306 g/mol. The van der Waals surface area contributed by atoms with E-state index in [4.69, 9.17) is 9.97 Å². The molecule has 2 aromatic heterocycles. The topological polar surface area (TPSA) is 30.7 Å². The maximum atomic E-state index is 4.86. The van der Waals surface area contributed by atoms with Crippen molar-refractivity contribution >= 4 is 22.1 Å². The fourth-order valence-electron chi connectivity index (χ4n) is 3.23. The van der Waals surface area contributed by atoms with E-state index in [1.807, 2.05) is 54.6 Å². The number of hydrogen-bond acceptors (Lipinski definition) is 2. The van der Waals surface area contributed by atoms with Crippen LogP contribution in [0.2, 0.25) is 0 Å². The maximum Gasteiger partial charge on any atom is 0.179 e. The van der Waals surface area contributed by atoms with E-state index in [-0.39, 0.29) is 0 Å². The lowest BCUT2D eigenvalue weighted by Gasteiger charge is -2.09. The van der Waals surface area contributed by atoms with Crippen molar-refractivity contribution in [2.24, 2.45) is 0 Å². The summed E-state index contributed by atoms with van der Waals surface area (Å²) in [6, 6.07) is 30.9. The molecule has 0 aliphatic carbocycles. The molecule has 3 aromatic carbocycles. The van der Waals surface area contributed by atoms with Gasteiger partial charge in [-0.2, -0.15) is 0 Å². The summed E-state index contributed by atoms with van der Waals surface area (Å²) in [5.74, 6) is 0.907. The Labute approximate surface area is 145 Å². The summed E-state index contributed by atoms with van der Waals surface area (Å²) in [5.41, 5.74) is 4.91. The molecule has 3 heteroatoms. The first kappa shape index (κ1) is 13.9. The highest BCUT2D eigenvalue weighted by atomic mass is 15.1. The van der Waals surface area contributed by atoms with Gasteiger partial charge < -0.3 is 0 Å². The van der Waals surface area contributed by atoms with E-state index in [1.165, 1.54) is 0 Å². The van der Waals surface area contributed by atoms with Gasteiger partial charge in [0.05, 0.1) is 11.0 Å². The van der Waals surface area contributed by atoms with Gasteiger partial charge in [-0.1, -0.05) is 66.7 Å². The second-order valence-electron chi connectivity index (χ2n) is 6.00. The Morgan fingerprint density at radius 2 is 1.32 bits per heavy atom. The number of pyridine rings is 1. The highest BCUT2D eigenvalue weighted by Gasteiger charge is 2.15. The second kappa shape index (κ2) is 5.56. The molecule has 0 unspecified atom stereocenters. The summed E-state index contributed by atoms with van der Waals surface area (Å²) < 4.78 is 2.18. The average molecular weight is 321 g/mol. The molecule has 5 aromatic rings. The third-order valence-electron chi connectivity index (χ3n) is 4.40. The van der Waals surface area contributed by atoms with Gasteiger partial charge in [-0.3, -0.25) is 4.57 Å². The Kier molecular flexibility index (Phi) is 3.10. The van der Waals surface area contributed by atoms with Crippen LogP contribution in [0.4, 0.5) is 0 Å². The van der Waals surface area contributed by atoms with E-state index >= 15 is 0 Å².